The Balaban J connectivity index is 1.97. The van der Waals surface area contributed by atoms with E-state index in [1.807, 2.05) is 35.0 Å². The summed E-state index contributed by atoms with van der Waals surface area (Å²) in [5.74, 6) is 0. The Labute approximate surface area is 125 Å². The third-order valence-corrected chi connectivity index (χ3v) is 3.21. The van der Waals surface area contributed by atoms with Crippen molar-refractivity contribution in [1.29, 1.82) is 0 Å². The molecule has 5 nitrogen and oxygen atoms in total. The number of nitrogens with zero attached hydrogens (tertiary/aromatic N) is 3. The van der Waals surface area contributed by atoms with Gasteiger partial charge in [-0.25, -0.2) is 4.68 Å². The number of allylic oxidation sites excluding steroid dienone is 1. The summed E-state index contributed by atoms with van der Waals surface area (Å²) in [6.45, 7) is 4.65. The highest BCUT2D eigenvalue weighted by atomic mass is 16.5. The maximum Gasteiger partial charge on any atom is 0.0897 e. The van der Waals surface area contributed by atoms with Gasteiger partial charge in [0.15, 0.2) is 0 Å². The van der Waals surface area contributed by atoms with Gasteiger partial charge in [0, 0.05) is 13.7 Å². The first kappa shape index (κ1) is 15.4. The lowest BCUT2D eigenvalue weighted by molar-refractivity contribution is 0.199. The number of benzene rings is 1. The third-order valence-electron chi connectivity index (χ3n) is 3.21. The van der Waals surface area contributed by atoms with E-state index in [2.05, 4.69) is 28.6 Å². The van der Waals surface area contributed by atoms with Gasteiger partial charge in [-0.3, -0.25) is 0 Å². The predicted molar refractivity (Wildman–Crippen MR) is 84.4 cm³/mol. The lowest BCUT2D eigenvalue weighted by atomic mass is 10.2. The molecule has 0 amide bonds. The molecule has 21 heavy (non-hydrogen) atoms. The quantitative estimate of drug-likeness (QED) is 0.757. The molecule has 2 aromatic rings. The molecule has 0 saturated heterocycles. The van der Waals surface area contributed by atoms with Crippen molar-refractivity contribution >= 4 is 5.57 Å². The largest absolute Gasteiger partial charge is 0.383 e. The predicted octanol–water partition coefficient (Wildman–Crippen LogP) is 2.30. The van der Waals surface area contributed by atoms with Crippen molar-refractivity contribution in [3.63, 3.8) is 0 Å². The summed E-state index contributed by atoms with van der Waals surface area (Å²) in [7, 11) is 1.71. The zero-order chi connectivity index (χ0) is 14.9. The van der Waals surface area contributed by atoms with Gasteiger partial charge in [-0.2, -0.15) is 0 Å². The molecular weight excluding hydrogens is 264 g/mol. The van der Waals surface area contributed by atoms with Crippen LogP contribution in [0, 0.1) is 0 Å². The lowest BCUT2D eigenvalue weighted by Gasteiger charge is -2.06. The molecule has 1 aromatic heterocycles. The van der Waals surface area contributed by atoms with Crippen LogP contribution in [0.3, 0.4) is 0 Å². The van der Waals surface area contributed by atoms with E-state index in [-0.39, 0.29) is 0 Å². The van der Waals surface area contributed by atoms with Crippen molar-refractivity contribution in [2.45, 2.75) is 13.3 Å². The molecule has 1 aromatic carbocycles. The van der Waals surface area contributed by atoms with Crippen LogP contribution in [0.5, 0.6) is 0 Å². The van der Waals surface area contributed by atoms with Crippen LogP contribution in [-0.2, 0) is 4.74 Å². The number of ether oxygens (including phenoxy) is 1. The van der Waals surface area contributed by atoms with Gasteiger partial charge in [0.2, 0.25) is 0 Å². The van der Waals surface area contributed by atoms with E-state index in [0.717, 1.165) is 37.5 Å². The highest BCUT2D eigenvalue weighted by molar-refractivity contribution is 5.61. The minimum atomic E-state index is 0.743. The minimum Gasteiger partial charge on any atom is -0.383 e. The molecule has 0 saturated carbocycles. The Bertz CT molecular complexity index is 563. The number of hydrogen-bond acceptors (Lipinski definition) is 4. The van der Waals surface area contributed by atoms with Gasteiger partial charge in [-0.1, -0.05) is 29.5 Å². The van der Waals surface area contributed by atoms with Crippen LogP contribution in [0.1, 0.15) is 19.0 Å². The summed E-state index contributed by atoms with van der Waals surface area (Å²) in [5, 5.41) is 11.5. The van der Waals surface area contributed by atoms with Crippen molar-refractivity contribution in [3.8, 4) is 5.69 Å². The molecular formula is C16H22N4O. The normalized spacial score (nSPS) is 11.8. The van der Waals surface area contributed by atoms with Gasteiger partial charge in [-0.15, -0.1) is 5.10 Å². The van der Waals surface area contributed by atoms with E-state index < -0.39 is 0 Å². The molecule has 0 atom stereocenters. The maximum atomic E-state index is 5.00. The van der Waals surface area contributed by atoms with Crippen LogP contribution in [0.25, 0.3) is 11.3 Å². The maximum absolute atomic E-state index is 5.00. The Hall–Kier alpha value is -1.98. The van der Waals surface area contributed by atoms with Crippen molar-refractivity contribution in [2.24, 2.45) is 0 Å². The van der Waals surface area contributed by atoms with Crippen molar-refractivity contribution in [2.75, 3.05) is 26.8 Å². The molecule has 2 rings (SSSR count). The van der Waals surface area contributed by atoms with E-state index in [1.54, 1.807) is 13.3 Å². The minimum absolute atomic E-state index is 0.743. The van der Waals surface area contributed by atoms with Crippen LogP contribution < -0.4 is 5.32 Å². The molecule has 1 N–H and O–H groups in total. The molecule has 0 unspecified atom stereocenters. The SMILES string of the molecule is COCCNCC/C=C(/C)c1cnnn1-c1ccccc1. The molecule has 1 heterocycles. The first-order valence-electron chi connectivity index (χ1n) is 7.16. The topological polar surface area (TPSA) is 52.0 Å². The average molecular weight is 286 g/mol. The fourth-order valence-corrected chi connectivity index (χ4v) is 2.06. The van der Waals surface area contributed by atoms with Crippen LogP contribution >= 0.6 is 0 Å². The number of methoxy groups -OCH3 is 1. The lowest BCUT2D eigenvalue weighted by Crippen LogP contribution is -2.19. The summed E-state index contributed by atoms with van der Waals surface area (Å²) in [5.41, 5.74) is 3.23. The van der Waals surface area contributed by atoms with E-state index in [1.165, 1.54) is 5.57 Å². The van der Waals surface area contributed by atoms with Crippen molar-refractivity contribution < 1.29 is 4.74 Å². The average Bonchev–Trinajstić information content (AvgIpc) is 3.01. The fourth-order valence-electron chi connectivity index (χ4n) is 2.06. The molecule has 0 bridgehead atoms. The first-order valence-corrected chi connectivity index (χ1v) is 7.16. The van der Waals surface area contributed by atoms with Crippen LogP contribution in [0.15, 0.2) is 42.6 Å². The third kappa shape index (κ3) is 4.51. The fraction of sp³-hybridized carbons (Fsp3) is 0.375. The molecule has 112 valence electrons. The molecule has 0 aliphatic rings. The van der Waals surface area contributed by atoms with Crippen molar-refractivity contribution in [1.82, 2.24) is 20.3 Å². The Kier molecular flexibility index (Phi) is 6.12. The van der Waals surface area contributed by atoms with Gasteiger partial charge in [0.1, 0.15) is 0 Å². The van der Waals surface area contributed by atoms with E-state index >= 15 is 0 Å². The van der Waals surface area contributed by atoms with Crippen LogP contribution in [-0.4, -0.2) is 41.8 Å². The number of rotatable bonds is 8. The summed E-state index contributed by atoms with van der Waals surface area (Å²) >= 11 is 0. The van der Waals surface area contributed by atoms with Crippen molar-refractivity contribution in [3.05, 3.63) is 48.3 Å². The summed E-state index contributed by atoms with van der Waals surface area (Å²) in [6, 6.07) is 10.0. The van der Waals surface area contributed by atoms with Gasteiger partial charge in [0.25, 0.3) is 0 Å². The summed E-state index contributed by atoms with van der Waals surface area (Å²) in [4.78, 5) is 0. The zero-order valence-corrected chi connectivity index (χ0v) is 12.6. The molecule has 5 heteroatoms. The van der Waals surface area contributed by atoms with Crippen LogP contribution in [0.4, 0.5) is 0 Å². The molecule has 0 spiro atoms. The molecule has 0 aliphatic heterocycles. The number of nitrogens with one attached hydrogen (secondary N) is 1. The second-order valence-electron chi connectivity index (χ2n) is 4.79. The standard InChI is InChI=1S/C16H22N4O/c1-14(7-6-10-17-11-12-21-2)16-13-18-19-20(16)15-8-4-3-5-9-15/h3-5,7-9,13,17H,6,10-12H2,1-2H3/b14-7-. The Morgan fingerprint density at radius 1 is 1.29 bits per heavy atom. The highest BCUT2D eigenvalue weighted by Gasteiger charge is 2.07. The van der Waals surface area contributed by atoms with Crippen LogP contribution in [0.2, 0.25) is 0 Å². The van der Waals surface area contributed by atoms with Gasteiger partial charge >= 0.3 is 0 Å². The van der Waals surface area contributed by atoms with E-state index in [4.69, 9.17) is 4.74 Å². The van der Waals surface area contributed by atoms with Gasteiger partial charge in [0.05, 0.1) is 24.2 Å². The summed E-state index contributed by atoms with van der Waals surface area (Å²) < 4.78 is 6.86. The molecule has 0 aliphatic carbocycles. The smallest absolute Gasteiger partial charge is 0.0897 e. The zero-order valence-electron chi connectivity index (χ0n) is 12.6. The molecule has 0 fully saturated rings. The van der Waals surface area contributed by atoms with E-state index in [0.29, 0.717) is 0 Å². The second kappa shape index (κ2) is 8.34. The number of para-hydroxylation sites is 1. The second-order valence-corrected chi connectivity index (χ2v) is 4.79. The Morgan fingerprint density at radius 2 is 2.10 bits per heavy atom. The Morgan fingerprint density at radius 3 is 2.86 bits per heavy atom. The van der Waals surface area contributed by atoms with E-state index in [9.17, 15) is 0 Å². The monoisotopic (exact) mass is 286 g/mol. The van der Waals surface area contributed by atoms with Gasteiger partial charge in [-0.05, 0) is 37.6 Å². The highest BCUT2D eigenvalue weighted by Crippen LogP contribution is 2.16. The summed E-state index contributed by atoms with van der Waals surface area (Å²) in [6.07, 6.45) is 4.98. The first-order chi connectivity index (χ1) is 10.3. The number of aromatic nitrogens is 3. The molecule has 0 radical (unpaired) electrons. The number of hydrogen-bond donors (Lipinski definition) is 1. The van der Waals surface area contributed by atoms with Gasteiger partial charge < -0.3 is 10.1 Å².